The molecule has 0 fully saturated rings. The van der Waals surface area contributed by atoms with Gasteiger partial charge < -0.3 is 15.2 Å². The van der Waals surface area contributed by atoms with E-state index in [0.717, 1.165) is 16.5 Å². The molecular weight excluding hydrogens is 294 g/mol. The largest absolute Gasteiger partial charge is 0.387 e. The van der Waals surface area contributed by atoms with Crippen molar-refractivity contribution >= 4 is 15.9 Å². The topological polar surface area (TPSA) is 41.5 Å². The molecule has 0 saturated heterocycles. The Bertz CT molecular complexity index is 342. The van der Waals surface area contributed by atoms with Crippen LogP contribution in [0.3, 0.4) is 0 Å². The van der Waals surface area contributed by atoms with Gasteiger partial charge in [0.2, 0.25) is 0 Å². The summed E-state index contributed by atoms with van der Waals surface area (Å²) in [5, 5.41) is 13.7. The molecule has 3 unspecified atom stereocenters. The molecule has 1 aromatic rings. The molecule has 0 heterocycles. The molecule has 3 nitrogen and oxygen atoms in total. The first-order chi connectivity index (χ1) is 8.58. The average Bonchev–Trinajstić information content (AvgIpc) is 2.38. The normalized spacial score (nSPS) is 16.3. The highest BCUT2D eigenvalue weighted by Crippen LogP contribution is 2.20. The van der Waals surface area contributed by atoms with Crippen molar-refractivity contribution in [3.63, 3.8) is 0 Å². The van der Waals surface area contributed by atoms with Gasteiger partial charge in [0, 0.05) is 23.7 Å². The molecule has 0 aliphatic rings. The third-order valence-electron chi connectivity index (χ3n) is 3.04. The lowest BCUT2D eigenvalue weighted by Crippen LogP contribution is -2.42. The highest BCUT2D eigenvalue weighted by molar-refractivity contribution is 9.10. The molecular formula is C14H22BrNO2. The number of halogens is 1. The zero-order valence-corrected chi connectivity index (χ0v) is 12.8. The fraction of sp³-hybridized carbons (Fsp3) is 0.571. The Kier molecular flexibility index (Phi) is 6.86. The predicted octanol–water partition coefficient (Wildman–Crippen LogP) is 2.89. The number of ether oxygens (including phenoxy) is 1. The standard InChI is InChI=1S/C14H22BrNO2/c1-4-13(9-18-3)16-10(2)14(17)11-5-7-12(15)8-6-11/h5-8,10,13-14,16-17H,4,9H2,1-3H3. The Hall–Kier alpha value is -0.420. The van der Waals surface area contributed by atoms with E-state index in [-0.39, 0.29) is 12.1 Å². The predicted molar refractivity (Wildman–Crippen MR) is 77.7 cm³/mol. The van der Waals surface area contributed by atoms with Crippen LogP contribution in [0.5, 0.6) is 0 Å². The summed E-state index contributed by atoms with van der Waals surface area (Å²) >= 11 is 3.39. The average molecular weight is 316 g/mol. The van der Waals surface area contributed by atoms with Gasteiger partial charge >= 0.3 is 0 Å². The van der Waals surface area contributed by atoms with Crippen molar-refractivity contribution in [3.05, 3.63) is 34.3 Å². The number of aliphatic hydroxyl groups excluding tert-OH is 1. The Labute approximate surface area is 118 Å². The first-order valence-electron chi connectivity index (χ1n) is 6.27. The van der Waals surface area contributed by atoms with E-state index in [0.29, 0.717) is 6.61 Å². The van der Waals surface area contributed by atoms with Crippen molar-refractivity contribution in [1.82, 2.24) is 5.32 Å². The first-order valence-corrected chi connectivity index (χ1v) is 7.06. The lowest BCUT2D eigenvalue weighted by Gasteiger charge is -2.25. The van der Waals surface area contributed by atoms with Crippen molar-refractivity contribution in [3.8, 4) is 0 Å². The van der Waals surface area contributed by atoms with Crippen LogP contribution in [0.2, 0.25) is 0 Å². The molecule has 0 aliphatic carbocycles. The maximum absolute atomic E-state index is 10.3. The third-order valence-corrected chi connectivity index (χ3v) is 3.57. The molecule has 3 atom stereocenters. The van der Waals surface area contributed by atoms with Crippen LogP contribution < -0.4 is 5.32 Å². The number of methoxy groups -OCH3 is 1. The van der Waals surface area contributed by atoms with Crippen molar-refractivity contribution in [2.75, 3.05) is 13.7 Å². The Balaban J connectivity index is 2.59. The number of aliphatic hydroxyl groups is 1. The molecule has 18 heavy (non-hydrogen) atoms. The van der Waals surface area contributed by atoms with Gasteiger partial charge in [0.15, 0.2) is 0 Å². The quantitative estimate of drug-likeness (QED) is 0.813. The maximum Gasteiger partial charge on any atom is 0.0940 e. The van der Waals surface area contributed by atoms with Crippen LogP contribution in [0.25, 0.3) is 0 Å². The van der Waals surface area contributed by atoms with Gasteiger partial charge in [0.25, 0.3) is 0 Å². The minimum atomic E-state index is -0.510. The van der Waals surface area contributed by atoms with Crippen LogP contribution in [-0.2, 0) is 4.74 Å². The van der Waals surface area contributed by atoms with Gasteiger partial charge in [-0.25, -0.2) is 0 Å². The fourth-order valence-electron chi connectivity index (χ4n) is 1.90. The molecule has 0 saturated carbocycles. The van der Waals surface area contributed by atoms with Crippen LogP contribution >= 0.6 is 15.9 Å². The van der Waals surface area contributed by atoms with Gasteiger partial charge in [-0.05, 0) is 31.0 Å². The lowest BCUT2D eigenvalue weighted by atomic mass is 10.0. The van der Waals surface area contributed by atoms with E-state index in [1.165, 1.54) is 0 Å². The monoisotopic (exact) mass is 315 g/mol. The van der Waals surface area contributed by atoms with Crippen LogP contribution in [0.1, 0.15) is 31.9 Å². The Morgan fingerprint density at radius 2 is 1.94 bits per heavy atom. The van der Waals surface area contributed by atoms with E-state index in [1.54, 1.807) is 7.11 Å². The van der Waals surface area contributed by atoms with Gasteiger partial charge in [-0.1, -0.05) is 35.0 Å². The van der Waals surface area contributed by atoms with E-state index in [2.05, 4.69) is 28.2 Å². The number of hydrogen-bond acceptors (Lipinski definition) is 3. The highest BCUT2D eigenvalue weighted by Gasteiger charge is 2.19. The summed E-state index contributed by atoms with van der Waals surface area (Å²) in [7, 11) is 1.69. The molecule has 2 N–H and O–H groups in total. The number of hydrogen-bond donors (Lipinski definition) is 2. The van der Waals surface area contributed by atoms with Crippen molar-refractivity contribution in [1.29, 1.82) is 0 Å². The van der Waals surface area contributed by atoms with E-state index in [1.807, 2.05) is 31.2 Å². The summed E-state index contributed by atoms with van der Waals surface area (Å²) in [5.41, 5.74) is 0.922. The molecule has 1 aromatic carbocycles. The Morgan fingerprint density at radius 3 is 2.44 bits per heavy atom. The van der Waals surface area contributed by atoms with Crippen LogP contribution in [0.4, 0.5) is 0 Å². The van der Waals surface area contributed by atoms with E-state index in [9.17, 15) is 5.11 Å². The van der Waals surface area contributed by atoms with Gasteiger partial charge in [-0.3, -0.25) is 0 Å². The summed E-state index contributed by atoms with van der Waals surface area (Å²) in [5.74, 6) is 0. The van der Waals surface area contributed by atoms with E-state index < -0.39 is 6.10 Å². The molecule has 0 radical (unpaired) electrons. The third kappa shape index (κ3) is 4.69. The SMILES string of the molecule is CCC(COC)NC(C)C(O)c1ccc(Br)cc1. The summed E-state index contributed by atoms with van der Waals surface area (Å²) in [4.78, 5) is 0. The highest BCUT2D eigenvalue weighted by atomic mass is 79.9. The number of rotatable bonds is 7. The minimum absolute atomic E-state index is 0.00808. The van der Waals surface area contributed by atoms with Gasteiger partial charge in [-0.2, -0.15) is 0 Å². The number of benzene rings is 1. The lowest BCUT2D eigenvalue weighted by molar-refractivity contribution is 0.107. The van der Waals surface area contributed by atoms with E-state index in [4.69, 9.17) is 4.74 Å². The molecule has 0 aromatic heterocycles. The fourth-order valence-corrected chi connectivity index (χ4v) is 2.16. The smallest absolute Gasteiger partial charge is 0.0940 e. The van der Waals surface area contributed by atoms with E-state index >= 15 is 0 Å². The van der Waals surface area contributed by atoms with Crippen LogP contribution in [-0.4, -0.2) is 30.9 Å². The zero-order chi connectivity index (χ0) is 13.5. The van der Waals surface area contributed by atoms with Gasteiger partial charge in [0.1, 0.15) is 0 Å². The minimum Gasteiger partial charge on any atom is -0.387 e. The second-order valence-corrected chi connectivity index (χ2v) is 5.43. The molecule has 0 bridgehead atoms. The zero-order valence-electron chi connectivity index (χ0n) is 11.2. The number of nitrogens with one attached hydrogen (secondary N) is 1. The van der Waals surface area contributed by atoms with Gasteiger partial charge in [-0.15, -0.1) is 0 Å². The molecule has 0 aliphatic heterocycles. The first kappa shape index (κ1) is 15.6. The Morgan fingerprint density at radius 1 is 1.33 bits per heavy atom. The van der Waals surface area contributed by atoms with Crippen molar-refractivity contribution in [2.24, 2.45) is 0 Å². The maximum atomic E-state index is 10.3. The van der Waals surface area contributed by atoms with Crippen molar-refractivity contribution in [2.45, 2.75) is 38.5 Å². The second-order valence-electron chi connectivity index (χ2n) is 4.51. The van der Waals surface area contributed by atoms with Crippen LogP contribution in [0, 0.1) is 0 Å². The molecule has 0 amide bonds. The molecule has 1 rings (SSSR count). The van der Waals surface area contributed by atoms with Gasteiger partial charge in [0.05, 0.1) is 12.7 Å². The summed E-state index contributed by atoms with van der Waals surface area (Å²) in [6, 6.07) is 8.02. The molecule has 4 heteroatoms. The molecule has 102 valence electrons. The second kappa shape index (κ2) is 7.89. The summed E-state index contributed by atoms with van der Waals surface area (Å²) in [6.45, 7) is 4.76. The summed E-state index contributed by atoms with van der Waals surface area (Å²) in [6.07, 6.45) is 0.467. The summed E-state index contributed by atoms with van der Waals surface area (Å²) < 4.78 is 6.17. The van der Waals surface area contributed by atoms with Crippen LogP contribution in [0.15, 0.2) is 28.7 Å². The molecule has 0 spiro atoms. The van der Waals surface area contributed by atoms with Crippen molar-refractivity contribution < 1.29 is 9.84 Å².